The van der Waals surface area contributed by atoms with E-state index < -0.39 is 0 Å². The number of rotatable bonds is 2. The van der Waals surface area contributed by atoms with Crippen LogP contribution in [0.2, 0.25) is 0 Å². The molecule has 0 spiro atoms. The summed E-state index contributed by atoms with van der Waals surface area (Å²) >= 11 is 1.95. The van der Waals surface area contributed by atoms with E-state index in [0.29, 0.717) is 5.25 Å². The van der Waals surface area contributed by atoms with Crippen molar-refractivity contribution >= 4 is 17.7 Å². The van der Waals surface area contributed by atoms with Crippen LogP contribution in [0, 0.1) is 18.8 Å². The van der Waals surface area contributed by atoms with E-state index in [4.69, 9.17) is 5.11 Å². The molecule has 1 aromatic rings. The first kappa shape index (κ1) is 15.9. The van der Waals surface area contributed by atoms with Crippen LogP contribution >= 0.6 is 11.8 Å². The molecule has 1 aromatic carbocycles. The number of nitrogens with zero attached hydrogens (tertiary/aromatic N) is 1. The van der Waals surface area contributed by atoms with Gasteiger partial charge in [-0.25, -0.2) is 0 Å². The van der Waals surface area contributed by atoms with Gasteiger partial charge in [-0.2, -0.15) is 11.8 Å². The Labute approximate surface area is 130 Å². The number of hydrogen-bond acceptors (Lipinski definition) is 3. The predicted octanol–water partition coefficient (Wildman–Crippen LogP) is 2.31. The Bertz CT molecular complexity index is 574. The number of amides is 1. The quantitative estimate of drug-likeness (QED) is 0.852. The average molecular weight is 303 g/mol. The van der Waals surface area contributed by atoms with E-state index in [2.05, 4.69) is 18.8 Å². The molecule has 1 unspecified atom stereocenters. The third kappa shape index (κ3) is 3.81. The Balaban J connectivity index is 2.23. The van der Waals surface area contributed by atoms with Crippen molar-refractivity contribution in [2.75, 3.05) is 25.4 Å². The van der Waals surface area contributed by atoms with Crippen molar-refractivity contribution in [3.05, 3.63) is 34.9 Å². The Hall–Kier alpha value is -1.44. The molecular formula is C17H21NO2S. The lowest BCUT2D eigenvalue weighted by atomic mass is 10.0. The summed E-state index contributed by atoms with van der Waals surface area (Å²) in [6.45, 7) is 5.56. The Morgan fingerprint density at radius 2 is 2.33 bits per heavy atom. The van der Waals surface area contributed by atoms with Crippen molar-refractivity contribution in [3.63, 3.8) is 0 Å². The van der Waals surface area contributed by atoms with Crippen LogP contribution in [0.1, 0.15) is 34.8 Å². The highest BCUT2D eigenvalue weighted by Gasteiger charge is 2.25. The average Bonchev–Trinajstić information content (AvgIpc) is 2.53. The van der Waals surface area contributed by atoms with Gasteiger partial charge in [0.2, 0.25) is 0 Å². The third-order valence-electron chi connectivity index (χ3n) is 3.75. The van der Waals surface area contributed by atoms with Crippen LogP contribution in [0.25, 0.3) is 0 Å². The summed E-state index contributed by atoms with van der Waals surface area (Å²) < 4.78 is 0. The molecule has 3 nitrogen and oxygen atoms in total. The Morgan fingerprint density at radius 1 is 1.52 bits per heavy atom. The second-order valence-electron chi connectivity index (χ2n) is 5.09. The van der Waals surface area contributed by atoms with Crippen molar-refractivity contribution in [3.8, 4) is 11.8 Å². The first-order valence-corrected chi connectivity index (χ1v) is 8.32. The number of carbonyl (C=O) groups excluding carboxylic acids is 1. The molecule has 1 heterocycles. The Morgan fingerprint density at radius 3 is 3.05 bits per heavy atom. The molecule has 0 aliphatic carbocycles. The fraction of sp³-hybridized carbons (Fsp3) is 0.471. The molecule has 1 saturated heterocycles. The number of aliphatic hydroxyl groups excluding tert-OH is 1. The van der Waals surface area contributed by atoms with Gasteiger partial charge in [-0.1, -0.05) is 24.8 Å². The highest BCUT2D eigenvalue weighted by atomic mass is 32.2. The van der Waals surface area contributed by atoms with Gasteiger partial charge in [0.1, 0.15) is 6.61 Å². The topological polar surface area (TPSA) is 40.5 Å². The third-order valence-corrected chi connectivity index (χ3v) is 5.12. The minimum atomic E-state index is -0.168. The SMILES string of the molecule is CCC1CN(C(=O)c2cccc(C#CCO)c2C)CCS1. The molecule has 1 fully saturated rings. The van der Waals surface area contributed by atoms with Gasteiger partial charge in [0.05, 0.1) is 0 Å². The summed E-state index contributed by atoms with van der Waals surface area (Å²) in [4.78, 5) is 14.7. The summed E-state index contributed by atoms with van der Waals surface area (Å²) in [6, 6.07) is 5.61. The standard InChI is InChI=1S/C17H21NO2S/c1-3-15-12-18(9-11-21-15)17(20)16-8-4-6-14(13(16)2)7-5-10-19/h4,6,8,15,19H,3,9-12H2,1-2H3. The van der Waals surface area contributed by atoms with E-state index in [9.17, 15) is 4.79 Å². The van der Waals surface area contributed by atoms with E-state index in [1.54, 1.807) is 0 Å². The molecular weight excluding hydrogens is 282 g/mol. The van der Waals surface area contributed by atoms with Gasteiger partial charge in [0.15, 0.2) is 0 Å². The number of benzene rings is 1. The predicted molar refractivity (Wildman–Crippen MR) is 87.6 cm³/mol. The fourth-order valence-electron chi connectivity index (χ4n) is 2.46. The highest BCUT2D eigenvalue weighted by molar-refractivity contribution is 8.00. The van der Waals surface area contributed by atoms with Crippen molar-refractivity contribution in [2.24, 2.45) is 0 Å². The number of hydrogen-bond donors (Lipinski definition) is 1. The normalized spacial score (nSPS) is 18.0. The molecule has 0 aromatic heterocycles. The van der Waals surface area contributed by atoms with Crippen LogP contribution in [0.15, 0.2) is 18.2 Å². The minimum Gasteiger partial charge on any atom is -0.384 e. The van der Waals surface area contributed by atoms with E-state index in [0.717, 1.165) is 42.0 Å². The second kappa shape index (κ2) is 7.53. The van der Waals surface area contributed by atoms with Gasteiger partial charge >= 0.3 is 0 Å². The first-order valence-electron chi connectivity index (χ1n) is 7.27. The minimum absolute atomic E-state index is 0.0962. The lowest BCUT2D eigenvalue weighted by Crippen LogP contribution is -2.42. The summed E-state index contributed by atoms with van der Waals surface area (Å²) in [5.41, 5.74) is 2.43. The zero-order chi connectivity index (χ0) is 15.2. The Kier molecular flexibility index (Phi) is 5.72. The molecule has 1 aliphatic heterocycles. The first-order chi connectivity index (χ1) is 10.2. The van der Waals surface area contributed by atoms with Gasteiger partial charge in [-0.15, -0.1) is 0 Å². The molecule has 0 radical (unpaired) electrons. The fourth-order valence-corrected chi connectivity index (χ4v) is 3.64. The number of aliphatic hydroxyl groups is 1. The van der Waals surface area contributed by atoms with E-state index in [1.807, 2.05) is 41.8 Å². The molecule has 1 atom stereocenters. The van der Waals surface area contributed by atoms with Crippen molar-refractivity contribution in [1.29, 1.82) is 0 Å². The number of carbonyl (C=O) groups is 1. The van der Waals surface area contributed by atoms with E-state index >= 15 is 0 Å². The van der Waals surface area contributed by atoms with Crippen LogP contribution in [0.4, 0.5) is 0 Å². The van der Waals surface area contributed by atoms with Crippen LogP contribution in [0.5, 0.6) is 0 Å². The van der Waals surface area contributed by atoms with Gasteiger partial charge in [0.25, 0.3) is 5.91 Å². The van der Waals surface area contributed by atoms with Crippen LogP contribution in [-0.2, 0) is 0 Å². The number of thioether (sulfide) groups is 1. The van der Waals surface area contributed by atoms with Crippen molar-refractivity contribution < 1.29 is 9.90 Å². The maximum Gasteiger partial charge on any atom is 0.254 e. The molecule has 1 N–H and O–H groups in total. The van der Waals surface area contributed by atoms with Gasteiger partial charge < -0.3 is 10.0 Å². The second-order valence-corrected chi connectivity index (χ2v) is 6.50. The van der Waals surface area contributed by atoms with E-state index in [-0.39, 0.29) is 12.5 Å². The van der Waals surface area contributed by atoms with Gasteiger partial charge in [-0.3, -0.25) is 4.79 Å². The molecule has 2 rings (SSSR count). The summed E-state index contributed by atoms with van der Waals surface area (Å²) in [5.74, 6) is 6.65. The van der Waals surface area contributed by atoms with Crippen LogP contribution in [-0.4, -0.2) is 46.6 Å². The molecule has 1 aliphatic rings. The molecule has 1 amide bonds. The summed E-state index contributed by atoms with van der Waals surface area (Å²) in [5, 5.41) is 9.35. The maximum absolute atomic E-state index is 12.7. The van der Waals surface area contributed by atoms with Crippen LogP contribution < -0.4 is 0 Å². The van der Waals surface area contributed by atoms with Crippen molar-refractivity contribution in [2.45, 2.75) is 25.5 Å². The summed E-state index contributed by atoms with van der Waals surface area (Å²) in [6.07, 6.45) is 1.09. The molecule has 4 heteroatoms. The zero-order valence-corrected chi connectivity index (χ0v) is 13.4. The largest absolute Gasteiger partial charge is 0.384 e. The van der Waals surface area contributed by atoms with Gasteiger partial charge in [0, 0.05) is 35.2 Å². The van der Waals surface area contributed by atoms with Crippen molar-refractivity contribution in [1.82, 2.24) is 4.90 Å². The smallest absolute Gasteiger partial charge is 0.254 e. The molecule has 0 saturated carbocycles. The maximum atomic E-state index is 12.7. The molecule has 21 heavy (non-hydrogen) atoms. The van der Waals surface area contributed by atoms with Gasteiger partial charge in [-0.05, 0) is 31.0 Å². The highest BCUT2D eigenvalue weighted by Crippen LogP contribution is 2.23. The molecule has 112 valence electrons. The monoisotopic (exact) mass is 303 g/mol. The lowest BCUT2D eigenvalue weighted by molar-refractivity contribution is 0.0760. The summed E-state index contributed by atoms with van der Waals surface area (Å²) in [7, 11) is 0. The van der Waals surface area contributed by atoms with E-state index in [1.165, 1.54) is 0 Å². The zero-order valence-electron chi connectivity index (χ0n) is 12.6. The molecule has 0 bridgehead atoms. The van der Waals surface area contributed by atoms with Crippen LogP contribution in [0.3, 0.4) is 0 Å². The lowest BCUT2D eigenvalue weighted by Gasteiger charge is -2.32.